The fraction of sp³-hybridized carbons (Fsp3) is 0.176. The topological polar surface area (TPSA) is 80.9 Å². The molecule has 0 spiro atoms. The third kappa shape index (κ3) is 4.42. The van der Waals surface area contributed by atoms with E-state index in [1.807, 2.05) is 13.0 Å². The maximum Gasteiger partial charge on any atom is 0.322 e. The number of amides is 1. The van der Waals surface area contributed by atoms with Crippen LogP contribution in [-0.4, -0.2) is 26.8 Å². The van der Waals surface area contributed by atoms with Gasteiger partial charge in [-0.1, -0.05) is 28.9 Å². The van der Waals surface area contributed by atoms with Crippen molar-refractivity contribution in [2.24, 2.45) is 0 Å². The lowest BCUT2D eigenvalue weighted by Gasteiger charge is -2.02. The first-order valence-corrected chi connectivity index (χ1v) is 8.43. The van der Waals surface area contributed by atoms with E-state index in [2.05, 4.69) is 44.8 Å². The van der Waals surface area contributed by atoms with Gasteiger partial charge in [-0.15, -0.1) is 16.9 Å². The highest BCUT2D eigenvalue weighted by atomic mass is 32.2. The Bertz CT molecular complexity index is 803. The number of aryl methyl sites for hydroxylation is 1. The number of rotatable bonds is 6. The molecule has 1 aromatic carbocycles. The first-order valence-electron chi connectivity index (χ1n) is 7.45. The van der Waals surface area contributed by atoms with Gasteiger partial charge in [-0.25, -0.2) is 0 Å². The number of nitrogens with one attached hydrogen (secondary N) is 1. The summed E-state index contributed by atoms with van der Waals surface area (Å²) in [4.78, 5) is 17.2. The van der Waals surface area contributed by atoms with Crippen LogP contribution in [0, 0.1) is 6.92 Å². The Morgan fingerprint density at radius 3 is 2.75 bits per heavy atom. The molecule has 0 atom stereocenters. The molecular formula is C17H16N4O2S. The molecule has 3 rings (SSSR count). The van der Waals surface area contributed by atoms with Crippen LogP contribution in [0.2, 0.25) is 0 Å². The molecule has 1 amide bonds. The van der Waals surface area contributed by atoms with Gasteiger partial charge >= 0.3 is 6.01 Å². The van der Waals surface area contributed by atoms with E-state index in [1.165, 1.54) is 5.56 Å². The zero-order valence-corrected chi connectivity index (χ0v) is 13.9. The fourth-order valence-corrected chi connectivity index (χ4v) is 2.80. The van der Waals surface area contributed by atoms with E-state index < -0.39 is 0 Å². The number of nitrogens with zero attached hydrogens (tertiary/aromatic N) is 3. The summed E-state index contributed by atoms with van der Waals surface area (Å²) in [5, 5.41) is 10.3. The minimum absolute atomic E-state index is 0.0842. The van der Waals surface area contributed by atoms with E-state index >= 15 is 0 Å². The van der Waals surface area contributed by atoms with Crippen molar-refractivity contribution in [2.75, 3.05) is 11.1 Å². The lowest BCUT2D eigenvalue weighted by atomic mass is 10.2. The molecule has 7 heteroatoms. The average molecular weight is 340 g/mol. The van der Waals surface area contributed by atoms with E-state index in [0.717, 1.165) is 4.90 Å². The Morgan fingerprint density at radius 1 is 1.17 bits per heavy atom. The molecule has 2 heterocycles. The highest BCUT2D eigenvalue weighted by molar-refractivity contribution is 7.99. The summed E-state index contributed by atoms with van der Waals surface area (Å²) in [6.07, 6.45) is 2.00. The van der Waals surface area contributed by atoms with Crippen LogP contribution >= 0.6 is 11.8 Å². The maximum atomic E-state index is 11.9. The van der Waals surface area contributed by atoms with Crippen molar-refractivity contribution in [3.63, 3.8) is 0 Å². The molecule has 0 unspecified atom stereocenters. The minimum atomic E-state index is -0.161. The number of hydrogen-bond acceptors (Lipinski definition) is 6. The third-order valence-corrected chi connectivity index (χ3v) is 4.19. The largest absolute Gasteiger partial charge is 0.401 e. The number of pyridine rings is 1. The Balaban J connectivity index is 1.48. The number of carbonyl (C=O) groups excluding carboxylic acids is 1. The summed E-state index contributed by atoms with van der Waals surface area (Å²) in [7, 11) is 0. The molecule has 0 bridgehead atoms. The molecule has 0 fully saturated rings. The van der Waals surface area contributed by atoms with Crippen LogP contribution in [0.4, 0.5) is 6.01 Å². The maximum absolute atomic E-state index is 11.9. The smallest absolute Gasteiger partial charge is 0.322 e. The van der Waals surface area contributed by atoms with Gasteiger partial charge in [0.25, 0.3) is 5.89 Å². The molecule has 3 aromatic rings. The van der Waals surface area contributed by atoms with Gasteiger partial charge in [0.05, 0.1) is 0 Å². The van der Waals surface area contributed by atoms with E-state index in [-0.39, 0.29) is 17.8 Å². The highest BCUT2D eigenvalue weighted by Crippen LogP contribution is 2.20. The lowest BCUT2D eigenvalue weighted by molar-refractivity contribution is -0.115. The Labute approximate surface area is 143 Å². The van der Waals surface area contributed by atoms with Gasteiger partial charge < -0.3 is 4.42 Å². The highest BCUT2D eigenvalue weighted by Gasteiger charge is 2.11. The summed E-state index contributed by atoms with van der Waals surface area (Å²) < 4.78 is 5.39. The summed E-state index contributed by atoms with van der Waals surface area (Å²) in [5.41, 5.74) is 1.79. The SMILES string of the molecule is Cc1ccc(SCCC(=O)Nc2nnc(-c3ccccn3)o2)cc1. The summed E-state index contributed by atoms with van der Waals surface area (Å²) in [6, 6.07) is 13.7. The van der Waals surface area contributed by atoms with E-state index in [4.69, 9.17) is 4.42 Å². The van der Waals surface area contributed by atoms with Gasteiger partial charge in [0.15, 0.2) is 0 Å². The monoisotopic (exact) mass is 340 g/mol. The van der Waals surface area contributed by atoms with Crippen LogP contribution in [0.1, 0.15) is 12.0 Å². The molecule has 0 aliphatic rings. The average Bonchev–Trinajstić information content (AvgIpc) is 3.06. The molecule has 122 valence electrons. The lowest BCUT2D eigenvalue weighted by Crippen LogP contribution is -2.12. The van der Waals surface area contributed by atoms with Gasteiger partial charge in [0.1, 0.15) is 5.69 Å². The first kappa shape index (κ1) is 16.2. The van der Waals surface area contributed by atoms with Crippen LogP contribution in [0.15, 0.2) is 58.0 Å². The number of benzene rings is 1. The zero-order chi connectivity index (χ0) is 16.8. The van der Waals surface area contributed by atoms with Crippen molar-refractivity contribution < 1.29 is 9.21 Å². The van der Waals surface area contributed by atoms with Crippen molar-refractivity contribution in [2.45, 2.75) is 18.2 Å². The number of thioether (sulfide) groups is 1. The number of aromatic nitrogens is 3. The number of carbonyl (C=O) groups is 1. The van der Waals surface area contributed by atoms with E-state index in [9.17, 15) is 4.79 Å². The van der Waals surface area contributed by atoms with Crippen LogP contribution in [-0.2, 0) is 4.79 Å². The zero-order valence-electron chi connectivity index (χ0n) is 13.1. The van der Waals surface area contributed by atoms with E-state index in [1.54, 1.807) is 30.1 Å². The molecule has 0 radical (unpaired) electrons. The van der Waals surface area contributed by atoms with Gasteiger partial charge in [0, 0.05) is 23.3 Å². The second-order valence-electron chi connectivity index (χ2n) is 5.09. The van der Waals surface area contributed by atoms with Crippen molar-refractivity contribution in [3.8, 4) is 11.6 Å². The van der Waals surface area contributed by atoms with Gasteiger partial charge in [-0.05, 0) is 31.2 Å². The standard InChI is InChI=1S/C17H16N4O2S/c1-12-5-7-13(8-6-12)24-11-9-15(22)19-17-21-20-16(23-17)14-4-2-3-10-18-14/h2-8,10H,9,11H2,1H3,(H,19,21,22). The van der Waals surface area contributed by atoms with Crippen LogP contribution in [0.25, 0.3) is 11.6 Å². The van der Waals surface area contributed by atoms with Crippen molar-refractivity contribution in [1.82, 2.24) is 15.2 Å². The molecule has 1 N–H and O–H groups in total. The van der Waals surface area contributed by atoms with Gasteiger partial charge in [0.2, 0.25) is 5.91 Å². The number of hydrogen-bond donors (Lipinski definition) is 1. The van der Waals surface area contributed by atoms with Gasteiger partial charge in [-0.2, -0.15) is 0 Å². The summed E-state index contributed by atoms with van der Waals surface area (Å²) >= 11 is 1.63. The molecule has 0 aliphatic carbocycles. The number of anilines is 1. The minimum Gasteiger partial charge on any atom is -0.401 e. The molecular weight excluding hydrogens is 324 g/mol. The Kier molecular flexibility index (Phi) is 5.22. The van der Waals surface area contributed by atoms with Crippen molar-refractivity contribution >= 4 is 23.7 Å². The molecule has 0 saturated carbocycles. The van der Waals surface area contributed by atoms with Crippen molar-refractivity contribution in [3.05, 3.63) is 54.2 Å². The molecule has 0 saturated heterocycles. The Morgan fingerprint density at radius 2 is 2.00 bits per heavy atom. The molecule has 24 heavy (non-hydrogen) atoms. The predicted octanol–water partition coefficient (Wildman–Crippen LogP) is 3.56. The summed E-state index contributed by atoms with van der Waals surface area (Å²) in [5.74, 6) is 0.793. The second-order valence-corrected chi connectivity index (χ2v) is 6.26. The van der Waals surface area contributed by atoms with Crippen LogP contribution in [0.3, 0.4) is 0 Å². The second kappa shape index (κ2) is 7.74. The Hall–Kier alpha value is -2.67. The van der Waals surface area contributed by atoms with Gasteiger partial charge in [-0.3, -0.25) is 15.1 Å². The molecule has 6 nitrogen and oxygen atoms in total. The normalized spacial score (nSPS) is 10.5. The molecule has 2 aromatic heterocycles. The quantitative estimate of drug-likeness (QED) is 0.691. The van der Waals surface area contributed by atoms with Crippen LogP contribution in [0.5, 0.6) is 0 Å². The molecule has 0 aliphatic heterocycles. The van der Waals surface area contributed by atoms with Crippen LogP contribution < -0.4 is 5.32 Å². The van der Waals surface area contributed by atoms with Crippen molar-refractivity contribution in [1.29, 1.82) is 0 Å². The van der Waals surface area contributed by atoms with E-state index in [0.29, 0.717) is 17.9 Å². The third-order valence-electron chi connectivity index (χ3n) is 3.17. The fourth-order valence-electron chi connectivity index (χ4n) is 1.94. The predicted molar refractivity (Wildman–Crippen MR) is 92.7 cm³/mol. The summed E-state index contributed by atoms with van der Waals surface area (Å²) in [6.45, 7) is 2.05. The first-order chi connectivity index (χ1) is 11.7.